The fraction of sp³-hybridized carbons (Fsp3) is 0.615. The predicted molar refractivity (Wildman–Crippen MR) is 72.1 cm³/mol. The second-order valence-electron chi connectivity index (χ2n) is 5.04. The molecule has 0 bridgehead atoms. The first-order chi connectivity index (χ1) is 8.50. The van der Waals surface area contributed by atoms with E-state index < -0.39 is 9.84 Å². The molecule has 0 radical (unpaired) electrons. The van der Waals surface area contributed by atoms with Gasteiger partial charge in [-0.3, -0.25) is 4.98 Å². The van der Waals surface area contributed by atoms with Gasteiger partial charge in [0, 0.05) is 24.4 Å². The molecule has 1 fully saturated rings. The first-order valence-corrected chi connectivity index (χ1v) is 8.22. The number of aromatic nitrogens is 1. The zero-order valence-corrected chi connectivity index (χ0v) is 11.5. The Morgan fingerprint density at radius 3 is 2.78 bits per heavy atom. The standard InChI is InChI=1S/C13H20N2O2S/c1-2-10-3-4-12(15-8-10)7-13(14)11-5-6-18(16,17)9-11/h3-4,8,11,13H,2,5-7,9,14H2,1H3. The molecular weight excluding hydrogens is 248 g/mol. The zero-order chi connectivity index (χ0) is 13.2. The molecule has 2 rings (SSSR count). The Hall–Kier alpha value is -0.940. The van der Waals surface area contributed by atoms with Crippen LogP contribution in [0.2, 0.25) is 0 Å². The molecule has 5 heteroatoms. The van der Waals surface area contributed by atoms with Crippen LogP contribution in [0.15, 0.2) is 18.3 Å². The van der Waals surface area contributed by atoms with Crippen molar-refractivity contribution in [2.45, 2.75) is 32.2 Å². The van der Waals surface area contributed by atoms with Crippen LogP contribution in [-0.2, 0) is 22.7 Å². The highest BCUT2D eigenvalue weighted by Gasteiger charge is 2.32. The Balaban J connectivity index is 1.96. The highest BCUT2D eigenvalue weighted by molar-refractivity contribution is 7.91. The van der Waals surface area contributed by atoms with Crippen molar-refractivity contribution < 1.29 is 8.42 Å². The Kier molecular flexibility index (Phi) is 4.02. The van der Waals surface area contributed by atoms with Crippen LogP contribution in [0.25, 0.3) is 0 Å². The van der Waals surface area contributed by atoms with E-state index in [2.05, 4.69) is 18.0 Å². The summed E-state index contributed by atoms with van der Waals surface area (Å²) in [7, 11) is -2.84. The van der Waals surface area contributed by atoms with Gasteiger partial charge in [-0.25, -0.2) is 8.42 Å². The van der Waals surface area contributed by atoms with Gasteiger partial charge in [0.1, 0.15) is 0 Å². The summed E-state index contributed by atoms with van der Waals surface area (Å²) in [6, 6.07) is 3.94. The van der Waals surface area contributed by atoms with Crippen molar-refractivity contribution in [2.24, 2.45) is 11.7 Å². The molecule has 1 aliphatic heterocycles. The number of nitrogens with two attached hydrogens (primary N) is 1. The molecule has 18 heavy (non-hydrogen) atoms. The summed E-state index contributed by atoms with van der Waals surface area (Å²) < 4.78 is 22.8. The molecule has 0 saturated carbocycles. The van der Waals surface area contributed by atoms with Gasteiger partial charge in [0.25, 0.3) is 0 Å². The van der Waals surface area contributed by atoms with Crippen molar-refractivity contribution in [3.8, 4) is 0 Å². The van der Waals surface area contributed by atoms with Gasteiger partial charge >= 0.3 is 0 Å². The third-order valence-electron chi connectivity index (χ3n) is 3.61. The van der Waals surface area contributed by atoms with Crippen LogP contribution in [-0.4, -0.2) is 30.9 Å². The van der Waals surface area contributed by atoms with Crippen LogP contribution in [0.4, 0.5) is 0 Å². The van der Waals surface area contributed by atoms with Gasteiger partial charge < -0.3 is 5.73 Å². The lowest BCUT2D eigenvalue weighted by molar-refractivity contribution is 0.457. The van der Waals surface area contributed by atoms with Gasteiger partial charge in [0.05, 0.1) is 11.5 Å². The molecule has 0 spiro atoms. The second-order valence-corrected chi connectivity index (χ2v) is 7.27. The minimum Gasteiger partial charge on any atom is -0.327 e. The van der Waals surface area contributed by atoms with Gasteiger partial charge in [-0.1, -0.05) is 13.0 Å². The average molecular weight is 268 g/mol. The summed E-state index contributed by atoms with van der Waals surface area (Å²) >= 11 is 0. The van der Waals surface area contributed by atoms with Gasteiger partial charge in [0.15, 0.2) is 9.84 Å². The second kappa shape index (κ2) is 5.36. The molecule has 1 aliphatic rings. The maximum atomic E-state index is 11.4. The van der Waals surface area contributed by atoms with Gasteiger partial charge in [-0.2, -0.15) is 0 Å². The van der Waals surface area contributed by atoms with Crippen molar-refractivity contribution in [3.63, 3.8) is 0 Å². The largest absolute Gasteiger partial charge is 0.327 e. The lowest BCUT2D eigenvalue weighted by atomic mass is 9.95. The summed E-state index contributed by atoms with van der Waals surface area (Å²) in [5.74, 6) is 0.608. The maximum absolute atomic E-state index is 11.4. The summed E-state index contributed by atoms with van der Waals surface area (Å²) in [5.41, 5.74) is 8.25. The maximum Gasteiger partial charge on any atom is 0.150 e. The third kappa shape index (κ3) is 3.29. The summed E-state index contributed by atoms with van der Waals surface area (Å²) in [6.07, 6.45) is 4.19. The normalized spacial score (nSPS) is 24.0. The summed E-state index contributed by atoms with van der Waals surface area (Å²) in [6.45, 7) is 2.09. The van der Waals surface area contributed by atoms with Crippen molar-refractivity contribution in [2.75, 3.05) is 11.5 Å². The SMILES string of the molecule is CCc1ccc(CC(N)C2CCS(=O)(=O)C2)nc1. The van der Waals surface area contributed by atoms with Crippen LogP contribution in [0.1, 0.15) is 24.6 Å². The van der Waals surface area contributed by atoms with Crippen LogP contribution in [0.5, 0.6) is 0 Å². The van der Waals surface area contributed by atoms with Crippen molar-refractivity contribution >= 4 is 9.84 Å². The van der Waals surface area contributed by atoms with Gasteiger partial charge in [-0.15, -0.1) is 0 Å². The quantitative estimate of drug-likeness (QED) is 0.882. The van der Waals surface area contributed by atoms with Crippen LogP contribution in [0, 0.1) is 5.92 Å². The molecule has 1 saturated heterocycles. The molecule has 100 valence electrons. The molecule has 0 amide bonds. The molecule has 1 aromatic heterocycles. The highest BCUT2D eigenvalue weighted by Crippen LogP contribution is 2.22. The van der Waals surface area contributed by atoms with E-state index in [0.717, 1.165) is 12.1 Å². The first-order valence-electron chi connectivity index (χ1n) is 6.40. The number of hydrogen-bond donors (Lipinski definition) is 1. The number of aryl methyl sites for hydroxylation is 1. The first kappa shape index (κ1) is 13.5. The minimum atomic E-state index is -2.84. The average Bonchev–Trinajstić information content (AvgIpc) is 2.71. The fourth-order valence-corrected chi connectivity index (χ4v) is 4.25. The Morgan fingerprint density at radius 2 is 2.28 bits per heavy atom. The lowest BCUT2D eigenvalue weighted by Crippen LogP contribution is -2.33. The molecule has 2 N–H and O–H groups in total. The molecular formula is C13H20N2O2S. The number of hydrogen-bond acceptors (Lipinski definition) is 4. The monoisotopic (exact) mass is 268 g/mol. The van der Waals surface area contributed by atoms with E-state index in [0.29, 0.717) is 12.8 Å². The van der Waals surface area contributed by atoms with E-state index in [1.807, 2.05) is 12.3 Å². The molecule has 2 heterocycles. The van der Waals surface area contributed by atoms with E-state index in [9.17, 15) is 8.42 Å². The van der Waals surface area contributed by atoms with E-state index >= 15 is 0 Å². The fourth-order valence-electron chi connectivity index (χ4n) is 2.35. The Bertz CT molecular complexity index is 496. The highest BCUT2D eigenvalue weighted by atomic mass is 32.2. The lowest BCUT2D eigenvalue weighted by Gasteiger charge is -2.17. The number of pyridine rings is 1. The van der Waals surface area contributed by atoms with E-state index in [1.165, 1.54) is 5.56 Å². The van der Waals surface area contributed by atoms with Crippen LogP contribution < -0.4 is 5.73 Å². The van der Waals surface area contributed by atoms with Crippen molar-refractivity contribution in [3.05, 3.63) is 29.6 Å². The number of nitrogens with zero attached hydrogens (tertiary/aromatic N) is 1. The van der Waals surface area contributed by atoms with Crippen LogP contribution >= 0.6 is 0 Å². The molecule has 2 unspecified atom stereocenters. The summed E-state index contributed by atoms with van der Waals surface area (Å²) in [4.78, 5) is 4.37. The summed E-state index contributed by atoms with van der Waals surface area (Å²) in [5, 5.41) is 0. The Labute approximate surface area is 109 Å². The predicted octanol–water partition coefficient (Wildman–Crippen LogP) is 0.949. The molecule has 2 atom stereocenters. The smallest absolute Gasteiger partial charge is 0.150 e. The van der Waals surface area contributed by atoms with Crippen molar-refractivity contribution in [1.82, 2.24) is 4.98 Å². The van der Waals surface area contributed by atoms with E-state index in [-0.39, 0.29) is 23.5 Å². The topological polar surface area (TPSA) is 73.1 Å². The van der Waals surface area contributed by atoms with Crippen molar-refractivity contribution in [1.29, 1.82) is 0 Å². The number of sulfone groups is 1. The zero-order valence-electron chi connectivity index (χ0n) is 10.7. The minimum absolute atomic E-state index is 0.0858. The van der Waals surface area contributed by atoms with E-state index in [1.54, 1.807) is 0 Å². The molecule has 0 aromatic carbocycles. The van der Waals surface area contributed by atoms with Gasteiger partial charge in [0.2, 0.25) is 0 Å². The van der Waals surface area contributed by atoms with Gasteiger partial charge in [-0.05, 0) is 30.4 Å². The Morgan fingerprint density at radius 1 is 1.50 bits per heavy atom. The third-order valence-corrected chi connectivity index (χ3v) is 5.41. The van der Waals surface area contributed by atoms with E-state index in [4.69, 9.17) is 5.73 Å². The molecule has 0 aliphatic carbocycles. The molecule has 1 aromatic rings. The number of rotatable bonds is 4. The molecule has 4 nitrogen and oxygen atoms in total. The van der Waals surface area contributed by atoms with Crippen LogP contribution in [0.3, 0.4) is 0 Å².